The van der Waals surface area contributed by atoms with Crippen molar-refractivity contribution in [2.24, 2.45) is 5.14 Å². The van der Waals surface area contributed by atoms with Crippen LogP contribution in [-0.4, -0.2) is 32.3 Å². The van der Waals surface area contributed by atoms with Crippen LogP contribution in [0, 0.1) is 0 Å². The Morgan fingerprint density at radius 1 is 1.14 bits per heavy atom. The van der Waals surface area contributed by atoms with Gasteiger partial charge in [0.25, 0.3) is 0 Å². The van der Waals surface area contributed by atoms with Crippen LogP contribution < -0.4 is 10.5 Å². The van der Waals surface area contributed by atoms with Crippen LogP contribution in [0.4, 0.5) is 5.69 Å². The fraction of sp³-hybridized carbons (Fsp3) is 0.211. The van der Waals surface area contributed by atoms with E-state index in [1.807, 2.05) is 6.07 Å². The van der Waals surface area contributed by atoms with E-state index in [1.165, 1.54) is 27.5 Å². The SMILES string of the molecule is NS(=O)(=O)c1ccc(NC(=O)CN2CCc3sccc3[C@@H]2c2cccs2)cc1. The van der Waals surface area contributed by atoms with Crippen molar-refractivity contribution in [1.82, 2.24) is 4.90 Å². The average Bonchev–Trinajstić information content (AvgIpc) is 3.33. The Morgan fingerprint density at radius 3 is 2.61 bits per heavy atom. The summed E-state index contributed by atoms with van der Waals surface area (Å²) >= 11 is 3.47. The third-order valence-electron chi connectivity index (χ3n) is 4.69. The molecule has 3 aromatic rings. The Bertz CT molecular complexity index is 1070. The lowest BCUT2D eigenvalue weighted by Crippen LogP contribution is -2.40. The molecule has 1 aliphatic heterocycles. The smallest absolute Gasteiger partial charge is 0.238 e. The molecule has 2 aromatic heterocycles. The number of amides is 1. The zero-order valence-electron chi connectivity index (χ0n) is 14.9. The van der Waals surface area contributed by atoms with E-state index >= 15 is 0 Å². The molecule has 3 heterocycles. The summed E-state index contributed by atoms with van der Waals surface area (Å²) in [7, 11) is -3.74. The molecule has 1 aliphatic rings. The predicted molar refractivity (Wildman–Crippen MR) is 112 cm³/mol. The van der Waals surface area contributed by atoms with Crippen LogP contribution in [0.15, 0.2) is 58.1 Å². The highest BCUT2D eigenvalue weighted by atomic mass is 32.2. The number of carbonyl (C=O) groups is 1. The molecule has 6 nitrogen and oxygen atoms in total. The first kappa shape index (κ1) is 19.3. The molecule has 28 heavy (non-hydrogen) atoms. The minimum Gasteiger partial charge on any atom is -0.325 e. The highest BCUT2D eigenvalue weighted by Crippen LogP contribution is 2.39. The summed E-state index contributed by atoms with van der Waals surface area (Å²) in [4.78, 5) is 17.5. The van der Waals surface area contributed by atoms with Crippen LogP contribution in [0.3, 0.4) is 0 Å². The van der Waals surface area contributed by atoms with Crippen molar-refractivity contribution in [1.29, 1.82) is 0 Å². The largest absolute Gasteiger partial charge is 0.325 e. The number of hydrogen-bond donors (Lipinski definition) is 2. The van der Waals surface area contributed by atoms with Crippen molar-refractivity contribution < 1.29 is 13.2 Å². The van der Waals surface area contributed by atoms with E-state index in [1.54, 1.807) is 34.8 Å². The number of hydrogen-bond acceptors (Lipinski definition) is 6. The van der Waals surface area contributed by atoms with E-state index in [0.29, 0.717) is 5.69 Å². The molecule has 1 atom stereocenters. The van der Waals surface area contributed by atoms with Gasteiger partial charge >= 0.3 is 0 Å². The average molecular weight is 434 g/mol. The van der Waals surface area contributed by atoms with Gasteiger partial charge in [0.15, 0.2) is 0 Å². The summed E-state index contributed by atoms with van der Waals surface area (Å²) in [5, 5.41) is 12.1. The summed E-state index contributed by atoms with van der Waals surface area (Å²) in [5.41, 5.74) is 1.82. The van der Waals surface area contributed by atoms with Gasteiger partial charge in [-0.2, -0.15) is 0 Å². The Morgan fingerprint density at radius 2 is 1.93 bits per heavy atom. The molecule has 0 aliphatic carbocycles. The number of nitrogens with one attached hydrogen (secondary N) is 1. The van der Waals surface area contributed by atoms with Gasteiger partial charge in [0.05, 0.1) is 17.5 Å². The minimum atomic E-state index is -3.74. The maximum absolute atomic E-state index is 12.6. The highest BCUT2D eigenvalue weighted by Gasteiger charge is 2.31. The number of anilines is 1. The van der Waals surface area contributed by atoms with E-state index in [4.69, 9.17) is 5.14 Å². The third kappa shape index (κ3) is 4.03. The second-order valence-corrected chi connectivity index (χ2v) is 10.1. The molecule has 146 valence electrons. The lowest BCUT2D eigenvalue weighted by molar-refractivity contribution is -0.117. The summed E-state index contributed by atoms with van der Waals surface area (Å²) < 4.78 is 22.7. The second kappa shape index (κ2) is 7.76. The van der Waals surface area contributed by atoms with Crippen LogP contribution in [0.2, 0.25) is 0 Å². The molecule has 0 fully saturated rings. The van der Waals surface area contributed by atoms with Crippen molar-refractivity contribution in [2.45, 2.75) is 17.4 Å². The zero-order chi connectivity index (χ0) is 19.7. The fourth-order valence-electron chi connectivity index (χ4n) is 3.43. The number of benzene rings is 1. The molecule has 0 radical (unpaired) electrons. The minimum absolute atomic E-state index is 0.0178. The first-order valence-electron chi connectivity index (χ1n) is 8.68. The van der Waals surface area contributed by atoms with Crippen LogP contribution in [0.1, 0.15) is 21.4 Å². The van der Waals surface area contributed by atoms with E-state index in [9.17, 15) is 13.2 Å². The molecular weight excluding hydrogens is 414 g/mol. The summed E-state index contributed by atoms with van der Waals surface area (Å²) in [5.74, 6) is -0.136. The molecule has 0 saturated heterocycles. The Hall–Kier alpha value is -2.04. The maximum Gasteiger partial charge on any atom is 0.238 e. The Labute approximate surface area is 171 Å². The lowest BCUT2D eigenvalue weighted by Gasteiger charge is -2.34. The molecule has 3 N–H and O–H groups in total. The molecule has 0 unspecified atom stereocenters. The Kier molecular flexibility index (Phi) is 5.35. The van der Waals surface area contributed by atoms with Crippen molar-refractivity contribution >= 4 is 44.3 Å². The van der Waals surface area contributed by atoms with E-state index in [-0.39, 0.29) is 23.4 Å². The maximum atomic E-state index is 12.6. The topological polar surface area (TPSA) is 92.5 Å². The van der Waals surface area contributed by atoms with Crippen LogP contribution in [-0.2, 0) is 21.2 Å². The van der Waals surface area contributed by atoms with Crippen molar-refractivity contribution in [2.75, 3.05) is 18.4 Å². The van der Waals surface area contributed by atoms with Gasteiger partial charge in [0.1, 0.15) is 0 Å². The molecule has 1 amide bonds. The van der Waals surface area contributed by atoms with E-state index in [0.717, 1.165) is 13.0 Å². The van der Waals surface area contributed by atoms with Gasteiger partial charge < -0.3 is 5.32 Å². The molecule has 0 saturated carbocycles. The molecular formula is C19H19N3O3S3. The summed E-state index contributed by atoms with van der Waals surface area (Å²) in [6.45, 7) is 1.07. The van der Waals surface area contributed by atoms with Gasteiger partial charge in [-0.1, -0.05) is 6.07 Å². The molecule has 9 heteroatoms. The monoisotopic (exact) mass is 433 g/mol. The van der Waals surface area contributed by atoms with Crippen LogP contribution in [0.5, 0.6) is 0 Å². The second-order valence-electron chi connectivity index (χ2n) is 6.56. The summed E-state index contributed by atoms with van der Waals surface area (Å²) in [6, 6.07) is 12.2. The standard InChI is InChI=1S/C19H19N3O3S3/c20-28(24,25)14-5-3-13(4-6-14)21-18(23)12-22-9-7-16-15(8-11-27-16)19(22)17-2-1-10-26-17/h1-6,8,10-11,19H,7,9,12H2,(H,21,23)(H2,20,24,25)/t19-/m1/s1. The lowest BCUT2D eigenvalue weighted by atomic mass is 9.98. The van der Waals surface area contributed by atoms with Gasteiger partial charge in [0.2, 0.25) is 15.9 Å². The number of fused-ring (bicyclic) bond motifs is 1. The van der Waals surface area contributed by atoms with E-state index in [2.05, 4.69) is 33.1 Å². The number of thiophene rings is 2. The first-order chi connectivity index (χ1) is 13.4. The fourth-order valence-corrected chi connectivity index (χ4v) is 5.73. The van der Waals surface area contributed by atoms with Gasteiger partial charge in [-0.3, -0.25) is 9.69 Å². The number of carbonyl (C=O) groups excluding carboxylic acids is 1. The number of rotatable bonds is 5. The number of sulfonamides is 1. The van der Waals surface area contributed by atoms with Crippen LogP contribution >= 0.6 is 22.7 Å². The van der Waals surface area contributed by atoms with Crippen molar-refractivity contribution in [3.8, 4) is 0 Å². The van der Waals surface area contributed by atoms with Gasteiger partial charge in [-0.25, -0.2) is 13.6 Å². The van der Waals surface area contributed by atoms with Gasteiger partial charge in [-0.15, -0.1) is 22.7 Å². The van der Waals surface area contributed by atoms with Crippen molar-refractivity contribution in [3.05, 3.63) is 68.5 Å². The normalized spacial score (nSPS) is 17.2. The molecule has 4 rings (SSSR count). The quantitative estimate of drug-likeness (QED) is 0.647. The van der Waals surface area contributed by atoms with Gasteiger partial charge in [0, 0.05) is 22.0 Å². The number of primary sulfonamides is 1. The zero-order valence-corrected chi connectivity index (χ0v) is 17.3. The number of nitrogens with zero attached hydrogens (tertiary/aromatic N) is 1. The molecule has 0 bridgehead atoms. The Balaban J connectivity index is 1.49. The summed E-state index contributed by atoms with van der Waals surface area (Å²) in [6.07, 6.45) is 0.936. The van der Waals surface area contributed by atoms with E-state index < -0.39 is 10.0 Å². The molecule has 0 spiro atoms. The number of nitrogens with two attached hydrogens (primary N) is 1. The third-order valence-corrected chi connectivity index (χ3v) is 7.54. The highest BCUT2D eigenvalue weighted by molar-refractivity contribution is 7.89. The van der Waals surface area contributed by atoms with Crippen molar-refractivity contribution in [3.63, 3.8) is 0 Å². The van der Waals surface area contributed by atoms with Gasteiger partial charge in [-0.05, 0) is 59.1 Å². The molecule has 1 aromatic carbocycles. The predicted octanol–water partition coefficient (Wildman–Crippen LogP) is 3.04. The van der Waals surface area contributed by atoms with Crippen LogP contribution in [0.25, 0.3) is 0 Å². The first-order valence-corrected chi connectivity index (χ1v) is 12.0.